The highest BCUT2D eigenvalue weighted by molar-refractivity contribution is 7.12. The lowest BCUT2D eigenvalue weighted by Crippen LogP contribution is -2.38. The molecular weight excluding hydrogens is 270 g/mol. The molecule has 1 atom stereocenters. The average Bonchev–Trinajstić information content (AvgIpc) is 2.97. The van der Waals surface area contributed by atoms with Crippen molar-refractivity contribution in [2.75, 3.05) is 6.54 Å². The maximum atomic E-state index is 2.70. The number of hydrogen-bond acceptors (Lipinski definition) is 3. The van der Waals surface area contributed by atoms with Crippen LogP contribution in [0.4, 0.5) is 0 Å². The molecule has 0 aromatic carbocycles. The molecule has 0 unspecified atom stereocenters. The quantitative estimate of drug-likeness (QED) is 0.755. The van der Waals surface area contributed by atoms with Crippen LogP contribution in [-0.2, 0) is 25.8 Å². The summed E-state index contributed by atoms with van der Waals surface area (Å²) in [5, 5.41) is 0. The fraction of sp³-hybridized carbons (Fsp3) is 0.500. The summed E-state index contributed by atoms with van der Waals surface area (Å²) in [5.41, 5.74) is 3.24. The molecule has 2 aliphatic rings. The zero-order valence-electron chi connectivity index (χ0n) is 11.5. The molecule has 2 aromatic rings. The lowest BCUT2D eigenvalue weighted by molar-refractivity contribution is 0.164. The Balaban J connectivity index is 1.74. The molecule has 100 valence electrons. The summed E-state index contributed by atoms with van der Waals surface area (Å²) in [5.74, 6) is 0. The van der Waals surface area contributed by atoms with Gasteiger partial charge in [0.25, 0.3) is 0 Å². The Morgan fingerprint density at radius 3 is 3.00 bits per heavy atom. The fourth-order valence-corrected chi connectivity index (χ4v) is 5.73. The van der Waals surface area contributed by atoms with E-state index in [9.17, 15) is 0 Å². The highest BCUT2D eigenvalue weighted by Gasteiger charge is 2.33. The summed E-state index contributed by atoms with van der Waals surface area (Å²) in [4.78, 5) is 9.04. The van der Waals surface area contributed by atoms with Crippen molar-refractivity contribution in [2.45, 2.75) is 45.7 Å². The van der Waals surface area contributed by atoms with E-state index in [4.69, 9.17) is 0 Å². The van der Waals surface area contributed by atoms with Crippen LogP contribution in [0.15, 0.2) is 12.1 Å². The Morgan fingerprint density at radius 2 is 2.16 bits per heavy atom. The third-order valence-corrected chi connectivity index (χ3v) is 6.91. The largest absolute Gasteiger partial charge is 0.291 e. The Kier molecular flexibility index (Phi) is 2.83. The third kappa shape index (κ3) is 1.91. The summed E-state index contributed by atoms with van der Waals surface area (Å²) < 4.78 is 0. The number of fused-ring (bicyclic) bond motifs is 4. The van der Waals surface area contributed by atoms with E-state index in [-0.39, 0.29) is 0 Å². The van der Waals surface area contributed by atoms with Gasteiger partial charge in [0.05, 0.1) is 0 Å². The van der Waals surface area contributed by atoms with Gasteiger partial charge in [0.15, 0.2) is 0 Å². The zero-order valence-corrected chi connectivity index (χ0v) is 13.2. The van der Waals surface area contributed by atoms with Crippen molar-refractivity contribution >= 4 is 22.7 Å². The van der Waals surface area contributed by atoms with Gasteiger partial charge in [-0.1, -0.05) is 6.92 Å². The van der Waals surface area contributed by atoms with Crippen LogP contribution in [-0.4, -0.2) is 11.4 Å². The van der Waals surface area contributed by atoms with Crippen LogP contribution in [0, 0.1) is 6.92 Å². The molecule has 0 fully saturated rings. The van der Waals surface area contributed by atoms with Crippen molar-refractivity contribution in [1.82, 2.24) is 4.90 Å². The number of nitrogens with zero attached hydrogens (tertiary/aromatic N) is 1. The molecule has 2 aliphatic heterocycles. The SMILES string of the molecule is CCc1cc2c(s1)C[C@H]1c3cc(C)sc3CCN1C2. The lowest BCUT2D eigenvalue weighted by atomic mass is 9.91. The van der Waals surface area contributed by atoms with Crippen LogP contribution >= 0.6 is 22.7 Å². The smallest absolute Gasteiger partial charge is 0.0411 e. The molecule has 1 nitrogen and oxygen atoms in total. The second kappa shape index (κ2) is 4.44. The molecule has 0 radical (unpaired) electrons. The van der Waals surface area contributed by atoms with Crippen molar-refractivity contribution < 1.29 is 0 Å². The number of hydrogen-bond donors (Lipinski definition) is 0. The topological polar surface area (TPSA) is 3.24 Å². The minimum absolute atomic E-state index is 0.657. The van der Waals surface area contributed by atoms with Crippen LogP contribution in [0.3, 0.4) is 0 Å². The maximum absolute atomic E-state index is 2.70. The van der Waals surface area contributed by atoms with Crippen molar-refractivity contribution in [3.05, 3.63) is 42.8 Å². The van der Waals surface area contributed by atoms with Crippen molar-refractivity contribution in [3.8, 4) is 0 Å². The van der Waals surface area contributed by atoms with E-state index in [1.54, 1.807) is 25.8 Å². The second-order valence-corrected chi connectivity index (χ2v) is 8.25. The summed E-state index contributed by atoms with van der Waals surface area (Å²) in [6.07, 6.45) is 3.68. The highest BCUT2D eigenvalue weighted by Crippen LogP contribution is 2.43. The molecule has 0 saturated carbocycles. The van der Waals surface area contributed by atoms with Crippen LogP contribution in [0.1, 0.15) is 43.6 Å². The Hall–Kier alpha value is -0.640. The fourth-order valence-electron chi connectivity index (χ4n) is 3.49. The number of aryl methyl sites for hydroxylation is 2. The van der Waals surface area contributed by atoms with Crippen molar-refractivity contribution in [3.63, 3.8) is 0 Å². The van der Waals surface area contributed by atoms with Gasteiger partial charge in [-0.25, -0.2) is 0 Å². The minimum atomic E-state index is 0.657. The summed E-state index contributed by atoms with van der Waals surface area (Å²) in [6.45, 7) is 6.94. The zero-order chi connectivity index (χ0) is 13.0. The van der Waals surface area contributed by atoms with Gasteiger partial charge >= 0.3 is 0 Å². The molecule has 0 N–H and O–H groups in total. The van der Waals surface area contributed by atoms with Gasteiger partial charge in [-0.05, 0) is 43.0 Å². The Morgan fingerprint density at radius 1 is 1.26 bits per heavy atom. The summed E-state index contributed by atoms with van der Waals surface area (Å²) >= 11 is 4.06. The van der Waals surface area contributed by atoms with Crippen LogP contribution in [0.25, 0.3) is 0 Å². The van der Waals surface area contributed by atoms with Gasteiger partial charge in [0.2, 0.25) is 0 Å². The van der Waals surface area contributed by atoms with Crippen LogP contribution in [0.5, 0.6) is 0 Å². The van der Waals surface area contributed by atoms with E-state index in [0.29, 0.717) is 6.04 Å². The van der Waals surface area contributed by atoms with Crippen molar-refractivity contribution in [2.24, 2.45) is 0 Å². The van der Waals surface area contributed by atoms with Gasteiger partial charge in [-0.2, -0.15) is 0 Å². The molecule has 3 heteroatoms. The normalized spacial score (nSPS) is 21.9. The minimum Gasteiger partial charge on any atom is -0.291 e. The molecule has 2 aromatic heterocycles. The Labute approximate surface area is 122 Å². The van der Waals surface area contributed by atoms with E-state index >= 15 is 0 Å². The van der Waals surface area contributed by atoms with E-state index in [2.05, 4.69) is 30.9 Å². The first-order valence-corrected chi connectivity index (χ1v) is 8.81. The molecule has 19 heavy (non-hydrogen) atoms. The first-order valence-electron chi connectivity index (χ1n) is 7.18. The van der Waals surface area contributed by atoms with Crippen LogP contribution < -0.4 is 0 Å². The molecule has 0 amide bonds. The molecule has 0 spiro atoms. The van der Waals surface area contributed by atoms with Gasteiger partial charge in [-0.3, -0.25) is 4.90 Å². The molecule has 4 rings (SSSR count). The van der Waals surface area contributed by atoms with Crippen molar-refractivity contribution in [1.29, 1.82) is 0 Å². The first-order chi connectivity index (χ1) is 9.24. The standard InChI is InChI=1S/C16H19NS2/c1-3-12-7-11-9-17-5-4-15-13(6-10(2)18-15)14(17)8-16(11)19-12/h6-7,14H,3-5,8-9H2,1-2H3/t14-/m0/s1. The molecule has 0 bridgehead atoms. The Bertz CT molecular complexity index is 623. The first kappa shape index (κ1) is 12.1. The molecule has 4 heterocycles. The van der Waals surface area contributed by atoms with Gasteiger partial charge in [0, 0.05) is 45.1 Å². The van der Waals surface area contributed by atoms with E-state index in [0.717, 1.165) is 0 Å². The van der Waals surface area contributed by atoms with Gasteiger partial charge in [0.1, 0.15) is 0 Å². The lowest BCUT2D eigenvalue weighted by Gasteiger charge is -2.39. The number of thiophene rings is 2. The highest BCUT2D eigenvalue weighted by atomic mass is 32.1. The maximum Gasteiger partial charge on any atom is 0.0411 e. The molecular formula is C16H19NS2. The van der Waals surface area contributed by atoms with E-state index < -0.39 is 0 Å². The number of rotatable bonds is 1. The average molecular weight is 289 g/mol. The van der Waals surface area contributed by atoms with E-state index in [1.165, 1.54) is 37.2 Å². The predicted molar refractivity (Wildman–Crippen MR) is 83.3 cm³/mol. The van der Waals surface area contributed by atoms with Crippen LogP contribution in [0.2, 0.25) is 0 Å². The van der Waals surface area contributed by atoms with Gasteiger partial charge in [-0.15, -0.1) is 22.7 Å². The summed E-state index contributed by atoms with van der Waals surface area (Å²) in [7, 11) is 0. The monoisotopic (exact) mass is 289 g/mol. The molecule has 0 saturated heterocycles. The van der Waals surface area contributed by atoms with Gasteiger partial charge < -0.3 is 0 Å². The van der Waals surface area contributed by atoms with E-state index in [1.807, 2.05) is 22.7 Å². The molecule has 0 aliphatic carbocycles. The summed E-state index contributed by atoms with van der Waals surface area (Å²) in [6, 6.07) is 5.55. The second-order valence-electron chi connectivity index (χ2n) is 5.69. The predicted octanol–water partition coefficient (Wildman–Crippen LogP) is 4.34. The third-order valence-electron chi connectivity index (χ3n) is 4.44.